The fraction of sp³-hybridized carbons (Fsp3) is 0. The quantitative estimate of drug-likeness (QED) is 0.588. The highest BCUT2D eigenvalue weighted by atomic mass is 16.3. The predicted octanol–water partition coefficient (Wildman–Crippen LogP) is 3.67. The minimum absolute atomic E-state index is 0.0809. The molecular formula is C18H10O3. The molecule has 1 aliphatic carbocycles. The summed E-state index contributed by atoms with van der Waals surface area (Å²) in [6.45, 7) is 3.83. The monoisotopic (exact) mass is 274 g/mol. The molecule has 1 heterocycles. The van der Waals surface area contributed by atoms with E-state index in [-0.39, 0.29) is 16.8 Å². The number of benzene rings is 2. The Morgan fingerprint density at radius 3 is 2.33 bits per heavy atom. The summed E-state index contributed by atoms with van der Waals surface area (Å²) in [5, 5.41) is 0.414. The summed E-state index contributed by atoms with van der Waals surface area (Å²) in [6, 6.07) is 14.3. The molecule has 3 aromatic rings. The van der Waals surface area contributed by atoms with Crippen molar-refractivity contribution in [3.63, 3.8) is 0 Å². The first-order chi connectivity index (χ1) is 10.2. The Bertz CT molecular complexity index is 993. The second-order valence-corrected chi connectivity index (χ2v) is 4.98. The van der Waals surface area contributed by atoms with Gasteiger partial charge in [-0.2, -0.15) is 0 Å². The van der Waals surface area contributed by atoms with E-state index in [1.165, 1.54) is 0 Å². The van der Waals surface area contributed by atoms with E-state index in [1.54, 1.807) is 24.3 Å². The molecule has 0 radical (unpaired) electrons. The second kappa shape index (κ2) is 4.03. The molecule has 0 spiro atoms. The Kier molecular flexibility index (Phi) is 2.27. The predicted molar refractivity (Wildman–Crippen MR) is 81.3 cm³/mol. The fourth-order valence-electron chi connectivity index (χ4n) is 2.76. The van der Waals surface area contributed by atoms with Gasteiger partial charge < -0.3 is 4.42 Å². The molecule has 100 valence electrons. The van der Waals surface area contributed by atoms with E-state index in [2.05, 4.69) is 6.58 Å². The standard InChI is InChI=1S/C18H10O3/c1-10-11-6-2-3-7-12(11)18-15(16(10)19)17(20)13-8-4-5-9-14(13)21-18/h2-9H,1H2. The maximum atomic E-state index is 12.6. The molecule has 1 aromatic heterocycles. The first kappa shape index (κ1) is 11.9. The van der Waals surface area contributed by atoms with E-state index < -0.39 is 0 Å². The molecule has 2 aromatic carbocycles. The SMILES string of the molecule is C=C1C(=O)c2c(oc3ccccc3c2=O)-c2ccccc21. The molecule has 0 saturated carbocycles. The van der Waals surface area contributed by atoms with E-state index in [9.17, 15) is 9.59 Å². The lowest BCUT2D eigenvalue weighted by Gasteiger charge is -2.19. The van der Waals surface area contributed by atoms with Crippen molar-refractivity contribution in [3.8, 4) is 11.3 Å². The van der Waals surface area contributed by atoms with Crippen molar-refractivity contribution in [1.29, 1.82) is 0 Å². The van der Waals surface area contributed by atoms with E-state index in [1.807, 2.05) is 24.3 Å². The number of carbonyl (C=O) groups excluding carboxylic acids is 1. The molecule has 3 nitrogen and oxygen atoms in total. The van der Waals surface area contributed by atoms with Crippen LogP contribution in [0.5, 0.6) is 0 Å². The van der Waals surface area contributed by atoms with Crippen molar-refractivity contribution in [2.24, 2.45) is 0 Å². The number of carbonyl (C=O) groups is 1. The minimum atomic E-state index is -0.358. The molecule has 0 saturated heterocycles. The Morgan fingerprint density at radius 2 is 1.52 bits per heavy atom. The zero-order valence-electron chi connectivity index (χ0n) is 11.1. The largest absolute Gasteiger partial charge is 0.455 e. The summed E-state index contributed by atoms with van der Waals surface area (Å²) in [6.07, 6.45) is 0. The third-order valence-electron chi connectivity index (χ3n) is 3.80. The van der Waals surface area contributed by atoms with Gasteiger partial charge in [0.15, 0.2) is 0 Å². The van der Waals surface area contributed by atoms with Crippen LogP contribution in [0.25, 0.3) is 27.9 Å². The van der Waals surface area contributed by atoms with Crippen molar-refractivity contribution in [1.82, 2.24) is 0 Å². The summed E-state index contributed by atoms with van der Waals surface area (Å²) in [4.78, 5) is 25.1. The molecule has 21 heavy (non-hydrogen) atoms. The van der Waals surface area contributed by atoms with Crippen LogP contribution in [0.15, 0.2) is 64.3 Å². The van der Waals surface area contributed by atoms with Crippen molar-refractivity contribution in [2.75, 3.05) is 0 Å². The van der Waals surface area contributed by atoms with Crippen LogP contribution in [-0.4, -0.2) is 5.78 Å². The molecule has 0 bridgehead atoms. The van der Waals surface area contributed by atoms with Gasteiger partial charge in [0.1, 0.15) is 16.9 Å². The lowest BCUT2D eigenvalue weighted by molar-refractivity contribution is 0.105. The summed E-state index contributed by atoms with van der Waals surface area (Å²) in [7, 11) is 0. The summed E-state index contributed by atoms with van der Waals surface area (Å²) >= 11 is 0. The average Bonchev–Trinajstić information content (AvgIpc) is 2.52. The number of rotatable bonds is 0. The lowest BCUT2D eigenvalue weighted by Crippen LogP contribution is -2.21. The van der Waals surface area contributed by atoms with Crippen LogP contribution in [0.3, 0.4) is 0 Å². The van der Waals surface area contributed by atoms with Gasteiger partial charge in [-0.3, -0.25) is 9.59 Å². The van der Waals surface area contributed by atoms with Crippen molar-refractivity contribution >= 4 is 22.3 Å². The number of Topliss-reactive ketones (excluding diaryl/α,β-unsaturated/α-hetero) is 1. The van der Waals surface area contributed by atoms with Crippen molar-refractivity contribution in [3.05, 3.63) is 76.5 Å². The zero-order valence-corrected chi connectivity index (χ0v) is 11.1. The average molecular weight is 274 g/mol. The van der Waals surface area contributed by atoms with Gasteiger partial charge in [-0.25, -0.2) is 0 Å². The lowest BCUT2D eigenvalue weighted by atomic mass is 9.85. The highest BCUT2D eigenvalue weighted by molar-refractivity contribution is 6.33. The van der Waals surface area contributed by atoms with Gasteiger partial charge in [-0.05, 0) is 17.7 Å². The van der Waals surface area contributed by atoms with Gasteiger partial charge >= 0.3 is 0 Å². The number of hydrogen-bond acceptors (Lipinski definition) is 3. The molecule has 1 aliphatic rings. The van der Waals surface area contributed by atoms with Gasteiger partial charge in [0.25, 0.3) is 0 Å². The third kappa shape index (κ3) is 1.48. The third-order valence-corrected chi connectivity index (χ3v) is 3.80. The number of fused-ring (bicyclic) bond motifs is 4. The maximum absolute atomic E-state index is 12.6. The Balaban J connectivity index is 2.23. The Labute approximate surface area is 120 Å². The maximum Gasteiger partial charge on any atom is 0.204 e. The van der Waals surface area contributed by atoms with Gasteiger partial charge in [0.05, 0.1) is 5.39 Å². The molecule has 0 atom stereocenters. The van der Waals surface area contributed by atoms with Gasteiger partial charge in [0, 0.05) is 11.1 Å². The van der Waals surface area contributed by atoms with Crippen LogP contribution >= 0.6 is 0 Å². The van der Waals surface area contributed by atoms with E-state index in [0.29, 0.717) is 27.9 Å². The van der Waals surface area contributed by atoms with Crippen LogP contribution in [-0.2, 0) is 0 Å². The molecular weight excluding hydrogens is 264 g/mol. The van der Waals surface area contributed by atoms with Crippen LogP contribution < -0.4 is 5.43 Å². The minimum Gasteiger partial charge on any atom is -0.455 e. The highest BCUT2D eigenvalue weighted by Gasteiger charge is 2.31. The van der Waals surface area contributed by atoms with Crippen molar-refractivity contribution < 1.29 is 9.21 Å². The van der Waals surface area contributed by atoms with Gasteiger partial charge in [-0.1, -0.05) is 43.0 Å². The topological polar surface area (TPSA) is 47.3 Å². The van der Waals surface area contributed by atoms with E-state index in [4.69, 9.17) is 4.42 Å². The molecule has 0 N–H and O–H groups in total. The van der Waals surface area contributed by atoms with Crippen LogP contribution in [0, 0.1) is 0 Å². The second-order valence-electron chi connectivity index (χ2n) is 4.98. The Morgan fingerprint density at radius 1 is 0.857 bits per heavy atom. The van der Waals surface area contributed by atoms with Crippen LogP contribution in [0.4, 0.5) is 0 Å². The first-order valence-electron chi connectivity index (χ1n) is 6.57. The van der Waals surface area contributed by atoms with E-state index >= 15 is 0 Å². The first-order valence-corrected chi connectivity index (χ1v) is 6.57. The molecule has 0 unspecified atom stereocenters. The number of hydrogen-bond donors (Lipinski definition) is 0. The summed E-state index contributed by atoms with van der Waals surface area (Å²) < 4.78 is 5.85. The molecule has 0 amide bonds. The molecule has 3 heteroatoms. The number of ketones is 1. The van der Waals surface area contributed by atoms with Crippen LogP contribution in [0.2, 0.25) is 0 Å². The van der Waals surface area contributed by atoms with Gasteiger partial charge in [-0.15, -0.1) is 0 Å². The smallest absolute Gasteiger partial charge is 0.204 e. The van der Waals surface area contributed by atoms with E-state index in [0.717, 1.165) is 5.56 Å². The zero-order chi connectivity index (χ0) is 14.6. The fourth-order valence-corrected chi connectivity index (χ4v) is 2.76. The highest BCUT2D eigenvalue weighted by Crippen LogP contribution is 2.38. The van der Waals surface area contributed by atoms with Crippen LogP contribution in [0.1, 0.15) is 15.9 Å². The van der Waals surface area contributed by atoms with Gasteiger partial charge in [0.2, 0.25) is 11.2 Å². The summed E-state index contributed by atoms with van der Waals surface area (Å²) in [5.41, 5.74) is 2.05. The Hall–Kier alpha value is -2.94. The molecule has 4 rings (SSSR count). The van der Waals surface area contributed by atoms with Crippen molar-refractivity contribution in [2.45, 2.75) is 0 Å². The molecule has 0 aliphatic heterocycles. The summed E-state index contributed by atoms with van der Waals surface area (Å²) in [5.74, 6) is -0.0186. The number of para-hydroxylation sites is 1. The number of allylic oxidation sites excluding steroid dienone is 1. The normalized spacial score (nSPS) is 13.1. The molecule has 0 fully saturated rings.